The average molecular weight is 438 g/mol. The largest absolute Gasteiger partial charge is 0.534 e. The standard InChI is InChI=1S/C15H13F3N2O6S2/c1-10(14(21)20-27(22,23)13-3-2-8-19-9-13)11-4-6-12(7-5-11)26-28(24,25)15(16,17)18/h2-10H,1H3,(H,20,21)/t10-/m1/s1. The number of aromatic nitrogens is 1. The van der Waals surface area contributed by atoms with Gasteiger partial charge in [-0.05, 0) is 36.8 Å². The van der Waals surface area contributed by atoms with Crippen LogP contribution in [0.3, 0.4) is 0 Å². The normalized spacial score (nSPS) is 13.6. The zero-order chi connectivity index (χ0) is 21.2. The Balaban J connectivity index is 2.12. The molecule has 1 heterocycles. The summed E-state index contributed by atoms with van der Waals surface area (Å²) in [7, 11) is -9.97. The number of sulfonamides is 1. The Bertz CT molecular complexity index is 1050. The highest BCUT2D eigenvalue weighted by molar-refractivity contribution is 7.90. The monoisotopic (exact) mass is 438 g/mol. The van der Waals surface area contributed by atoms with Crippen LogP contribution >= 0.6 is 0 Å². The smallest absolute Gasteiger partial charge is 0.376 e. The summed E-state index contributed by atoms with van der Waals surface area (Å²) in [6.07, 6.45) is 2.40. The van der Waals surface area contributed by atoms with Crippen molar-refractivity contribution in [3.63, 3.8) is 0 Å². The van der Waals surface area contributed by atoms with Crippen LogP contribution in [0.4, 0.5) is 13.2 Å². The van der Waals surface area contributed by atoms with Crippen molar-refractivity contribution in [2.24, 2.45) is 0 Å². The molecule has 0 radical (unpaired) electrons. The van der Waals surface area contributed by atoms with Crippen molar-refractivity contribution < 1.29 is 39.0 Å². The summed E-state index contributed by atoms with van der Waals surface area (Å²) in [5.41, 5.74) is -5.37. The van der Waals surface area contributed by atoms with Crippen LogP contribution in [0.1, 0.15) is 18.4 Å². The third-order valence-corrected chi connectivity index (χ3v) is 5.75. The fourth-order valence-electron chi connectivity index (χ4n) is 1.92. The van der Waals surface area contributed by atoms with Crippen molar-refractivity contribution in [1.82, 2.24) is 9.71 Å². The van der Waals surface area contributed by atoms with Gasteiger partial charge in [-0.1, -0.05) is 12.1 Å². The fraction of sp³-hybridized carbons (Fsp3) is 0.200. The molecule has 0 spiro atoms. The predicted molar refractivity (Wildman–Crippen MR) is 90.0 cm³/mol. The van der Waals surface area contributed by atoms with Crippen LogP contribution in [0.2, 0.25) is 0 Å². The molecule has 1 N–H and O–H groups in total. The first kappa shape index (κ1) is 21.6. The highest BCUT2D eigenvalue weighted by Crippen LogP contribution is 2.28. The van der Waals surface area contributed by atoms with Gasteiger partial charge < -0.3 is 4.18 Å². The van der Waals surface area contributed by atoms with E-state index in [1.54, 1.807) is 0 Å². The highest BCUT2D eigenvalue weighted by atomic mass is 32.2. The zero-order valence-electron chi connectivity index (χ0n) is 14.0. The molecule has 13 heteroatoms. The number of halogens is 3. The minimum atomic E-state index is -5.82. The quantitative estimate of drug-likeness (QED) is 0.540. The van der Waals surface area contributed by atoms with Crippen LogP contribution < -0.4 is 8.91 Å². The third kappa shape index (κ3) is 4.98. The van der Waals surface area contributed by atoms with Gasteiger partial charge in [-0.2, -0.15) is 21.6 Å². The van der Waals surface area contributed by atoms with Crippen LogP contribution in [-0.4, -0.2) is 33.2 Å². The molecule has 0 unspecified atom stereocenters. The van der Waals surface area contributed by atoms with E-state index in [0.29, 0.717) is 0 Å². The average Bonchev–Trinajstić information content (AvgIpc) is 2.61. The molecule has 2 aromatic rings. The minimum Gasteiger partial charge on any atom is -0.376 e. The van der Waals surface area contributed by atoms with Crippen LogP contribution in [-0.2, 0) is 24.9 Å². The second-order valence-corrected chi connectivity index (χ2v) is 8.65. The lowest BCUT2D eigenvalue weighted by atomic mass is 10.0. The van der Waals surface area contributed by atoms with Crippen molar-refractivity contribution in [2.45, 2.75) is 23.2 Å². The molecule has 2 rings (SSSR count). The van der Waals surface area contributed by atoms with E-state index in [9.17, 15) is 34.8 Å². The molecule has 8 nitrogen and oxygen atoms in total. The molecule has 1 amide bonds. The highest BCUT2D eigenvalue weighted by Gasteiger charge is 2.48. The lowest BCUT2D eigenvalue weighted by molar-refractivity contribution is -0.120. The van der Waals surface area contributed by atoms with E-state index < -0.39 is 43.2 Å². The molecule has 152 valence electrons. The SMILES string of the molecule is C[C@@H](C(=O)NS(=O)(=O)c1cccnc1)c1ccc(OS(=O)(=O)C(F)(F)F)cc1. The number of amides is 1. The number of nitrogens with zero attached hydrogens (tertiary/aromatic N) is 1. The van der Waals surface area contributed by atoms with Crippen molar-refractivity contribution in [3.8, 4) is 5.75 Å². The van der Waals surface area contributed by atoms with Crippen molar-refractivity contribution in [2.75, 3.05) is 0 Å². The van der Waals surface area contributed by atoms with Crippen LogP contribution in [0.25, 0.3) is 0 Å². The molecule has 1 aromatic heterocycles. The number of hydrogen-bond acceptors (Lipinski definition) is 7. The molecule has 0 fully saturated rings. The summed E-state index contributed by atoms with van der Waals surface area (Å²) < 4.78 is 88.9. The molecule has 1 aromatic carbocycles. The third-order valence-electron chi connectivity index (χ3n) is 3.44. The molecule has 0 bridgehead atoms. The Morgan fingerprint density at radius 3 is 2.21 bits per heavy atom. The first-order chi connectivity index (χ1) is 12.8. The summed E-state index contributed by atoms with van der Waals surface area (Å²) in [6.45, 7) is 1.36. The van der Waals surface area contributed by atoms with Gasteiger partial charge in [0.25, 0.3) is 10.0 Å². The summed E-state index contributed by atoms with van der Waals surface area (Å²) in [5, 5.41) is 0. The lowest BCUT2D eigenvalue weighted by Crippen LogP contribution is -2.33. The molecule has 0 aliphatic rings. The number of carbonyl (C=O) groups excluding carboxylic acids is 1. The van der Waals surface area contributed by atoms with Crippen LogP contribution in [0.15, 0.2) is 53.7 Å². The topological polar surface area (TPSA) is 120 Å². The Kier molecular flexibility index (Phi) is 5.99. The Morgan fingerprint density at radius 2 is 1.71 bits per heavy atom. The van der Waals surface area contributed by atoms with Gasteiger partial charge in [0.05, 0.1) is 5.92 Å². The first-order valence-corrected chi connectivity index (χ1v) is 10.3. The maximum Gasteiger partial charge on any atom is 0.534 e. The fourth-order valence-corrected chi connectivity index (χ4v) is 3.40. The molecular formula is C15H13F3N2O6S2. The number of hydrogen-bond donors (Lipinski definition) is 1. The predicted octanol–water partition coefficient (Wildman–Crippen LogP) is 1.92. The van der Waals surface area contributed by atoms with E-state index in [-0.39, 0.29) is 10.5 Å². The van der Waals surface area contributed by atoms with E-state index in [1.165, 1.54) is 25.3 Å². The van der Waals surface area contributed by atoms with E-state index in [4.69, 9.17) is 0 Å². The van der Waals surface area contributed by atoms with Crippen molar-refractivity contribution in [1.29, 1.82) is 0 Å². The first-order valence-electron chi connectivity index (χ1n) is 7.41. The van der Waals surface area contributed by atoms with Gasteiger partial charge in [0.2, 0.25) is 5.91 Å². The second-order valence-electron chi connectivity index (χ2n) is 5.43. The summed E-state index contributed by atoms with van der Waals surface area (Å²) in [4.78, 5) is 15.6. The molecule has 0 aliphatic carbocycles. The molecular weight excluding hydrogens is 425 g/mol. The molecule has 1 atom stereocenters. The number of nitrogens with one attached hydrogen (secondary N) is 1. The van der Waals surface area contributed by atoms with Gasteiger partial charge in [-0.3, -0.25) is 9.78 Å². The molecule has 0 aliphatic heterocycles. The van der Waals surface area contributed by atoms with E-state index in [1.807, 2.05) is 4.72 Å². The molecule has 0 saturated heterocycles. The van der Waals surface area contributed by atoms with Gasteiger partial charge in [0, 0.05) is 12.4 Å². The lowest BCUT2D eigenvalue weighted by Gasteiger charge is -2.14. The number of benzene rings is 1. The van der Waals surface area contributed by atoms with E-state index >= 15 is 0 Å². The molecule has 28 heavy (non-hydrogen) atoms. The van der Waals surface area contributed by atoms with Crippen molar-refractivity contribution in [3.05, 3.63) is 54.4 Å². The van der Waals surface area contributed by atoms with Gasteiger partial charge in [-0.15, -0.1) is 0 Å². The van der Waals surface area contributed by atoms with Crippen molar-refractivity contribution >= 4 is 26.0 Å². The van der Waals surface area contributed by atoms with Gasteiger partial charge in [0.15, 0.2) is 0 Å². The van der Waals surface area contributed by atoms with Gasteiger partial charge >= 0.3 is 15.6 Å². The Morgan fingerprint density at radius 1 is 1.11 bits per heavy atom. The maximum atomic E-state index is 12.3. The van der Waals surface area contributed by atoms with Gasteiger partial charge in [-0.25, -0.2) is 13.1 Å². The number of carbonyl (C=O) groups is 1. The molecule has 0 saturated carbocycles. The Hall–Kier alpha value is -2.67. The number of rotatable bonds is 6. The minimum absolute atomic E-state index is 0.218. The van der Waals surface area contributed by atoms with Gasteiger partial charge in [0.1, 0.15) is 10.6 Å². The Labute approximate surface area is 158 Å². The summed E-state index contributed by atoms with van der Waals surface area (Å²) >= 11 is 0. The zero-order valence-corrected chi connectivity index (χ0v) is 15.7. The summed E-state index contributed by atoms with van der Waals surface area (Å²) in [6, 6.07) is 6.72. The van der Waals surface area contributed by atoms with Crippen LogP contribution in [0.5, 0.6) is 5.75 Å². The summed E-state index contributed by atoms with van der Waals surface area (Å²) in [5.74, 6) is -2.53. The van der Waals surface area contributed by atoms with E-state index in [0.717, 1.165) is 30.5 Å². The van der Waals surface area contributed by atoms with E-state index in [2.05, 4.69) is 9.17 Å². The van der Waals surface area contributed by atoms with Crippen LogP contribution in [0, 0.1) is 0 Å². The second kappa shape index (κ2) is 7.75. The number of alkyl halides is 3. The number of pyridine rings is 1. The maximum absolute atomic E-state index is 12.3.